The summed E-state index contributed by atoms with van der Waals surface area (Å²) in [7, 11) is 0. The number of likely N-dealkylation sites (tertiary alicyclic amines) is 1. The molecule has 1 saturated heterocycles. The number of primary amides is 1. The fourth-order valence-corrected chi connectivity index (χ4v) is 2.26. The number of nitrogens with zero attached hydrogens (tertiary/aromatic N) is 1. The number of hydrogen-bond donors (Lipinski definition) is 2. The Morgan fingerprint density at radius 1 is 1.56 bits per heavy atom. The number of rotatable bonds is 5. The van der Waals surface area contributed by atoms with E-state index in [9.17, 15) is 9.59 Å². The van der Waals surface area contributed by atoms with Gasteiger partial charge in [-0.25, -0.2) is 0 Å². The highest BCUT2D eigenvalue weighted by Crippen LogP contribution is 2.20. The zero-order valence-corrected chi connectivity index (χ0v) is 9.69. The summed E-state index contributed by atoms with van der Waals surface area (Å²) in [5.74, 6) is -1.30. The molecule has 5 nitrogen and oxygen atoms in total. The molecule has 0 aromatic rings. The summed E-state index contributed by atoms with van der Waals surface area (Å²) in [6, 6.07) is -0.466. The minimum atomic E-state index is -0.799. The molecule has 16 heavy (non-hydrogen) atoms. The van der Waals surface area contributed by atoms with Crippen molar-refractivity contribution in [1.29, 1.82) is 0 Å². The van der Waals surface area contributed by atoms with Gasteiger partial charge in [0.25, 0.3) is 0 Å². The van der Waals surface area contributed by atoms with E-state index in [1.54, 1.807) is 0 Å². The Bertz CT molecular complexity index is 268. The van der Waals surface area contributed by atoms with Gasteiger partial charge in [-0.3, -0.25) is 14.5 Å². The van der Waals surface area contributed by atoms with E-state index in [0.717, 1.165) is 25.8 Å². The quantitative estimate of drug-likeness (QED) is 0.715. The molecule has 1 heterocycles. The van der Waals surface area contributed by atoms with Crippen LogP contribution in [0.3, 0.4) is 0 Å². The van der Waals surface area contributed by atoms with Gasteiger partial charge in [0.2, 0.25) is 5.91 Å². The summed E-state index contributed by atoms with van der Waals surface area (Å²) in [6.07, 6.45) is 3.08. The normalized spacial score (nSPS) is 23.9. The lowest BCUT2D eigenvalue weighted by atomic mass is 9.95. The van der Waals surface area contributed by atoms with Gasteiger partial charge in [0, 0.05) is 6.54 Å². The maximum absolute atomic E-state index is 11.1. The number of nitrogens with two attached hydrogens (primary N) is 1. The average Bonchev–Trinajstić information content (AvgIpc) is 2.25. The minimum absolute atomic E-state index is 0.188. The van der Waals surface area contributed by atoms with Gasteiger partial charge in [-0.15, -0.1) is 0 Å². The zero-order chi connectivity index (χ0) is 12.1. The molecule has 0 bridgehead atoms. The van der Waals surface area contributed by atoms with Crippen molar-refractivity contribution in [2.45, 2.75) is 38.6 Å². The molecular weight excluding hydrogens is 208 g/mol. The maximum Gasteiger partial charge on any atom is 0.320 e. The summed E-state index contributed by atoms with van der Waals surface area (Å²) in [5, 5.41) is 9.12. The Balaban J connectivity index is 2.62. The van der Waals surface area contributed by atoms with Crippen LogP contribution in [-0.2, 0) is 9.59 Å². The zero-order valence-electron chi connectivity index (χ0n) is 9.69. The van der Waals surface area contributed by atoms with Gasteiger partial charge in [0.1, 0.15) is 6.04 Å². The topological polar surface area (TPSA) is 83.6 Å². The SMILES string of the molecule is CCCC(C(=O)O)N1CCCC(C(N)=O)C1. The number of carbonyl (C=O) groups is 2. The van der Waals surface area contributed by atoms with Crippen LogP contribution in [0.15, 0.2) is 0 Å². The van der Waals surface area contributed by atoms with E-state index in [1.807, 2.05) is 11.8 Å². The number of aliphatic carboxylic acids is 1. The third kappa shape index (κ3) is 3.20. The molecule has 0 radical (unpaired) electrons. The predicted molar refractivity (Wildman–Crippen MR) is 59.8 cm³/mol. The first kappa shape index (κ1) is 13.0. The third-order valence-corrected chi connectivity index (χ3v) is 3.14. The van der Waals surface area contributed by atoms with Gasteiger partial charge in [-0.2, -0.15) is 0 Å². The first-order chi connectivity index (χ1) is 7.56. The fraction of sp³-hybridized carbons (Fsp3) is 0.818. The number of amides is 1. The molecule has 0 spiro atoms. The predicted octanol–water partition coefficient (Wildman–Crippen LogP) is 0.437. The van der Waals surface area contributed by atoms with Crippen molar-refractivity contribution in [3.05, 3.63) is 0 Å². The van der Waals surface area contributed by atoms with Crippen molar-refractivity contribution >= 4 is 11.9 Å². The smallest absolute Gasteiger partial charge is 0.320 e. The summed E-state index contributed by atoms with van der Waals surface area (Å²) in [6.45, 7) is 3.21. The van der Waals surface area contributed by atoms with E-state index >= 15 is 0 Å². The highest BCUT2D eigenvalue weighted by atomic mass is 16.4. The van der Waals surface area contributed by atoms with Gasteiger partial charge < -0.3 is 10.8 Å². The van der Waals surface area contributed by atoms with Gasteiger partial charge in [0.05, 0.1) is 5.92 Å². The minimum Gasteiger partial charge on any atom is -0.480 e. The van der Waals surface area contributed by atoms with Crippen molar-refractivity contribution in [3.63, 3.8) is 0 Å². The monoisotopic (exact) mass is 228 g/mol. The third-order valence-electron chi connectivity index (χ3n) is 3.14. The molecule has 1 fully saturated rings. The van der Waals surface area contributed by atoms with Crippen LogP contribution in [0.25, 0.3) is 0 Å². The maximum atomic E-state index is 11.1. The molecule has 1 amide bonds. The second-order valence-electron chi connectivity index (χ2n) is 4.38. The first-order valence-electron chi connectivity index (χ1n) is 5.82. The van der Waals surface area contributed by atoms with Gasteiger partial charge in [-0.05, 0) is 25.8 Å². The average molecular weight is 228 g/mol. The molecular formula is C11H20N2O3. The van der Waals surface area contributed by atoms with E-state index in [4.69, 9.17) is 10.8 Å². The van der Waals surface area contributed by atoms with Crippen molar-refractivity contribution in [3.8, 4) is 0 Å². The van der Waals surface area contributed by atoms with Crippen molar-refractivity contribution in [2.24, 2.45) is 11.7 Å². The van der Waals surface area contributed by atoms with Crippen LogP contribution in [0.5, 0.6) is 0 Å². The molecule has 0 aromatic heterocycles. The molecule has 5 heteroatoms. The number of carbonyl (C=O) groups excluding carboxylic acids is 1. The van der Waals surface area contributed by atoms with Crippen LogP contribution in [0.4, 0.5) is 0 Å². The molecule has 0 aromatic carbocycles. The van der Waals surface area contributed by atoms with E-state index in [1.165, 1.54) is 0 Å². The second-order valence-corrected chi connectivity index (χ2v) is 4.38. The molecule has 1 rings (SSSR count). The van der Waals surface area contributed by atoms with E-state index in [0.29, 0.717) is 13.0 Å². The van der Waals surface area contributed by atoms with Gasteiger partial charge >= 0.3 is 5.97 Å². The summed E-state index contributed by atoms with van der Waals surface area (Å²) >= 11 is 0. The van der Waals surface area contributed by atoms with Crippen LogP contribution in [0.1, 0.15) is 32.6 Å². The molecule has 92 valence electrons. The van der Waals surface area contributed by atoms with Crippen LogP contribution < -0.4 is 5.73 Å². The molecule has 3 N–H and O–H groups in total. The Morgan fingerprint density at radius 3 is 2.75 bits per heavy atom. The molecule has 0 saturated carbocycles. The van der Waals surface area contributed by atoms with Crippen molar-refractivity contribution in [2.75, 3.05) is 13.1 Å². The Labute approximate surface area is 95.6 Å². The lowest BCUT2D eigenvalue weighted by molar-refractivity contribution is -0.145. The lowest BCUT2D eigenvalue weighted by Crippen LogP contribution is -2.49. The van der Waals surface area contributed by atoms with Crippen LogP contribution in [0, 0.1) is 5.92 Å². The Morgan fingerprint density at radius 2 is 2.25 bits per heavy atom. The number of carboxylic acid groups (broad SMARTS) is 1. The number of hydrogen-bond acceptors (Lipinski definition) is 3. The molecule has 0 aliphatic carbocycles. The van der Waals surface area contributed by atoms with E-state index in [2.05, 4.69) is 0 Å². The largest absolute Gasteiger partial charge is 0.480 e. The highest BCUT2D eigenvalue weighted by molar-refractivity contribution is 5.77. The fourth-order valence-electron chi connectivity index (χ4n) is 2.26. The van der Waals surface area contributed by atoms with E-state index < -0.39 is 12.0 Å². The molecule has 1 aliphatic heterocycles. The van der Waals surface area contributed by atoms with Gasteiger partial charge in [-0.1, -0.05) is 13.3 Å². The number of piperidine rings is 1. The number of carboxylic acids is 1. The van der Waals surface area contributed by atoms with E-state index in [-0.39, 0.29) is 11.8 Å². The summed E-state index contributed by atoms with van der Waals surface area (Å²) in [5.41, 5.74) is 5.27. The molecule has 2 unspecified atom stereocenters. The van der Waals surface area contributed by atoms with Crippen molar-refractivity contribution < 1.29 is 14.7 Å². The molecule has 1 aliphatic rings. The summed E-state index contributed by atoms with van der Waals surface area (Å²) < 4.78 is 0. The Kier molecular flexibility index (Phi) is 4.73. The van der Waals surface area contributed by atoms with Gasteiger partial charge in [0.15, 0.2) is 0 Å². The van der Waals surface area contributed by atoms with Crippen LogP contribution in [-0.4, -0.2) is 41.0 Å². The summed E-state index contributed by atoms with van der Waals surface area (Å²) in [4.78, 5) is 24.1. The standard InChI is InChI=1S/C11H20N2O3/c1-2-4-9(11(15)16)13-6-3-5-8(7-13)10(12)14/h8-9H,2-7H2,1H3,(H2,12,14)(H,15,16). The lowest BCUT2D eigenvalue weighted by Gasteiger charge is -2.35. The first-order valence-corrected chi connectivity index (χ1v) is 5.82. The molecule has 2 atom stereocenters. The van der Waals surface area contributed by atoms with Crippen LogP contribution >= 0.6 is 0 Å². The van der Waals surface area contributed by atoms with Crippen LogP contribution in [0.2, 0.25) is 0 Å². The van der Waals surface area contributed by atoms with Crippen molar-refractivity contribution in [1.82, 2.24) is 4.90 Å². The highest BCUT2D eigenvalue weighted by Gasteiger charge is 2.31. The Hall–Kier alpha value is -1.10. The second kappa shape index (κ2) is 5.84.